The lowest BCUT2D eigenvalue weighted by Crippen LogP contribution is -2.26. The molecule has 0 bridgehead atoms. The highest BCUT2D eigenvalue weighted by molar-refractivity contribution is 7.90. The van der Waals surface area contributed by atoms with Crippen LogP contribution in [0.5, 0.6) is 0 Å². The van der Waals surface area contributed by atoms with E-state index in [1.807, 2.05) is 17.5 Å². The van der Waals surface area contributed by atoms with Gasteiger partial charge < -0.3 is 0 Å². The summed E-state index contributed by atoms with van der Waals surface area (Å²) >= 11 is 6.76. The summed E-state index contributed by atoms with van der Waals surface area (Å²) in [7, 11) is -3.32. The number of sulfonamides is 1. The number of nitrogens with one attached hydrogen (secondary N) is 1. The van der Waals surface area contributed by atoms with Gasteiger partial charge in [-0.3, -0.25) is 0 Å². The molecule has 0 saturated heterocycles. The number of rotatable bonds is 4. The monoisotopic (exact) mass is 239 g/mol. The van der Waals surface area contributed by atoms with Gasteiger partial charge in [-0.15, -0.1) is 22.9 Å². The van der Waals surface area contributed by atoms with Gasteiger partial charge in [-0.1, -0.05) is 6.07 Å². The van der Waals surface area contributed by atoms with Gasteiger partial charge in [0.05, 0.1) is 6.04 Å². The summed E-state index contributed by atoms with van der Waals surface area (Å²) in [6.07, 6.45) is 0. The van der Waals surface area contributed by atoms with E-state index in [1.165, 1.54) is 11.3 Å². The average Bonchev–Trinajstić information content (AvgIpc) is 2.55. The second-order valence-electron chi connectivity index (χ2n) is 2.58. The number of thiophene rings is 1. The van der Waals surface area contributed by atoms with Gasteiger partial charge in [-0.2, -0.15) is 0 Å². The molecule has 1 aromatic heterocycles. The van der Waals surface area contributed by atoms with Crippen LogP contribution in [0.15, 0.2) is 17.5 Å². The molecule has 74 valence electrons. The molecule has 0 radical (unpaired) electrons. The lowest BCUT2D eigenvalue weighted by molar-refractivity contribution is 0.573. The molecular formula is C7H10ClNO2S2. The fourth-order valence-corrected chi connectivity index (χ4v) is 2.62. The molecule has 1 aromatic rings. The molecule has 1 unspecified atom stereocenters. The molecule has 0 aliphatic heterocycles. The first-order valence-electron chi connectivity index (χ1n) is 3.64. The lowest BCUT2D eigenvalue weighted by Gasteiger charge is -2.10. The summed E-state index contributed by atoms with van der Waals surface area (Å²) in [6, 6.07) is 3.56. The first-order chi connectivity index (χ1) is 6.05. The predicted molar refractivity (Wildman–Crippen MR) is 55.5 cm³/mol. The largest absolute Gasteiger partial charge is 0.226 e. The predicted octanol–water partition coefficient (Wildman–Crippen LogP) is 1.92. The summed E-state index contributed by atoms with van der Waals surface area (Å²) < 4.78 is 24.6. The van der Waals surface area contributed by atoms with Crippen LogP contribution < -0.4 is 4.72 Å². The molecular weight excluding hydrogens is 230 g/mol. The van der Waals surface area contributed by atoms with Gasteiger partial charge >= 0.3 is 0 Å². The van der Waals surface area contributed by atoms with Crippen molar-refractivity contribution in [2.24, 2.45) is 0 Å². The molecule has 0 amide bonds. The van der Waals surface area contributed by atoms with E-state index >= 15 is 0 Å². The summed E-state index contributed by atoms with van der Waals surface area (Å²) in [5.74, 6) is 0. The first kappa shape index (κ1) is 11.0. The molecule has 1 N–H and O–H groups in total. The molecule has 6 heteroatoms. The molecule has 0 saturated carbocycles. The zero-order valence-electron chi connectivity index (χ0n) is 7.03. The SMILES string of the molecule is CC(NS(=O)(=O)CCl)c1cccs1. The van der Waals surface area contributed by atoms with Crippen LogP contribution in [-0.4, -0.2) is 13.6 Å². The summed E-state index contributed by atoms with van der Waals surface area (Å²) in [6.45, 7) is 1.79. The van der Waals surface area contributed by atoms with Crippen molar-refractivity contribution in [2.75, 3.05) is 5.21 Å². The lowest BCUT2D eigenvalue weighted by atomic mass is 10.3. The van der Waals surface area contributed by atoms with E-state index < -0.39 is 15.2 Å². The Labute approximate surface area is 86.8 Å². The van der Waals surface area contributed by atoms with Crippen molar-refractivity contribution >= 4 is 33.0 Å². The van der Waals surface area contributed by atoms with Crippen LogP contribution in [0.2, 0.25) is 0 Å². The number of hydrogen-bond donors (Lipinski definition) is 1. The van der Waals surface area contributed by atoms with Crippen molar-refractivity contribution < 1.29 is 8.42 Å². The van der Waals surface area contributed by atoms with E-state index in [-0.39, 0.29) is 6.04 Å². The molecule has 0 spiro atoms. The van der Waals surface area contributed by atoms with Crippen molar-refractivity contribution in [3.8, 4) is 0 Å². The van der Waals surface area contributed by atoms with Crippen LogP contribution in [0.1, 0.15) is 17.8 Å². The number of alkyl halides is 1. The maximum absolute atomic E-state index is 11.1. The Kier molecular flexibility index (Phi) is 3.73. The molecule has 1 rings (SSSR count). The number of hydrogen-bond acceptors (Lipinski definition) is 3. The van der Waals surface area contributed by atoms with Gasteiger partial charge in [0, 0.05) is 4.88 Å². The third-order valence-electron chi connectivity index (χ3n) is 1.47. The Bertz CT molecular complexity index is 347. The zero-order valence-corrected chi connectivity index (χ0v) is 9.42. The molecule has 3 nitrogen and oxygen atoms in total. The minimum Gasteiger partial charge on any atom is -0.211 e. The van der Waals surface area contributed by atoms with E-state index in [4.69, 9.17) is 11.6 Å². The van der Waals surface area contributed by atoms with Crippen LogP contribution in [0.3, 0.4) is 0 Å². The molecule has 0 aliphatic carbocycles. The minimum absolute atomic E-state index is 0.205. The van der Waals surface area contributed by atoms with Gasteiger partial charge in [-0.05, 0) is 18.4 Å². The van der Waals surface area contributed by atoms with Gasteiger partial charge in [0.2, 0.25) is 10.0 Å². The fourth-order valence-electron chi connectivity index (χ4n) is 0.897. The third-order valence-corrected chi connectivity index (χ3v) is 4.39. The molecule has 0 aliphatic rings. The smallest absolute Gasteiger partial charge is 0.211 e. The second-order valence-corrected chi connectivity index (χ2v) is 5.90. The Balaban J connectivity index is 2.67. The number of halogens is 1. The summed E-state index contributed by atoms with van der Waals surface area (Å²) in [5.41, 5.74) is 0. The maximum Gasteiger partial charge on any atom is 0.226 e. The van der Waals surface area contributed by atoms with Crippen molar-refractivity contribution in [3.05, 3.63) is 22.4 Å². The third kappa shape index (κ3) is 3.27. The van der Waals surface area contributed by atoms with E-state index in [2.05, 4.69) is 4.72 Å². The van der Waals surface area contributed by atoms with Crippen molar-refractivity contribution in [3.63, 3.8) is 0 Å². The van der Waals surface area contributed by atoms with Gasteiger partial charge in [-0.25, -0.2) is 13.1 Å². The normalized spacial score (nSPS) is 14.3. The second kappa shape index (κ2) is 4.41. The first-order valence-corrected chi connectivity index (χ1v) is 6.71. The standard InChI is InChI=1S/C7H10ClNO2S2/c1-6(7-3-2-4-12-7)9-13(10,11)5-8/h2-4,6,9H,5H2,1H3. The minimum atomic E-state index is -3.32. The Morgan fingerprint density at radius 2 is 2.38 bits per heavy atom. The topological polar surface area (TPSA) is 46.2 Å². The van der Waals surface area contributed by atoms with E-state index in [0.29, 0.717) is 0 Å². The zero-order chi connectivity index (χ0) is 9.90. The molecule has 0 fully saturated rings. The molecule has 1 heterocycles. The van der Waals surface area contributed by atoms with Gasteiger partial charge in [0.15, 0.2) is 0 Å². The molecule has 0 aromatic carbocycles. The van der Waals surface area contributed by atoms with Crippen LogP contribution in [0.4, 0.5) is 0 Å². The van der Waals surface area contributed by atoms with Gasteiger partial charge in [0.25, 0.3) is 0 Å². The van der Waals surface area contributed by atoms with Crippen molar-refractivity contribution in [1.82, 2.24) is 4.72 Å². The summed E-state index contributed by atoms with van der Waals surface area (Å²) in [4.78, 5) is 0.980. The quantitative estimate of drug-likeness (QED) is 0.817. The van der Waals surface area contributed by atoms with Gasteiger partial charge in [0.1, 0.15) is 5.21 Å². The Morgan fingerprint density at radius 3 is 2.85 bits per heavy atom. The average molecular weight is 240 g/mol. The van der Waals surface area contributed by atoms with Crippen LogP contribution in [0, 0.1) is 0 Å². The van der Waals surface area contributed by atoms with Crippen LogP contribution >= 0.6 is 22.9 Å². The Morgan fingerprint density at radius 1 is 1.69 bits per heavy atom. The molecule has 13 heavy (non-hydrogen) atoms. The highest BCUT2D eigenvalue weighted by Gasteiger charge is 2.14. The van der Waals surface area contributed by atoms with Crippen molar-refractivity contribution in [1.29, 1.82) is 0 Å². The van der Waals surface area contributed by atoms with E-state index in [9.17, 15) is 8.42 Å². The molecule has 1 atom stereocenters. The van der Waals surface area contributed by atoms with Crippen molar-refractivity contribution in [2.45, 2.75) is 13.0 Å². The Hall–Kier alpha value is -0.100. The fraction of sp³-hybridized carbons (Fsp3) is 0.429. The highest BCUT2D eigenvalue weighted by atomic mass is 35.5. The van der Waals surface area contributed by atoms with E-state index in [0.717, 1.165) is 4.88 Å². The van der Waals surface area contributed by atoms with E-state index in [1.54, 1.807) is 6.92 Å². The van der Waals surface area contributed by atoms with Crippen LogP contribution in [0.25, 0.3) is 0 Å². The highest BCUT2D eigenvalue weighted by Crippen LogP contribution is 2.18. The van der Waals surface area contributed by atoms with Crippen LogP contribution in [-0.2, 0) is 10.0 Å². The maximum atomic E-state index is 11.1. The summed E-state index contributed by atoms with van der Waals surface area (Å²) in [5, 5.41) is 1.50.